The summed E-state index contributed by atoms with van der Waals surface area (Å²) in [7, 11) is 6.64. The van der Waals surface area contributed by atoms with Crippen LogP contribution in [0.25, 0.3) is 0 Å². The van der Waals surface area contributed by atoms with Gasteiger partial charge in [-0.15, -0.1) is 11.3 Å². The highest BCUT2D eigenvalue weighted by atomic mass is 32.1. The number of likely N-dealkylation sites (N-methyl/N-ethyl adjacent to an activating group) is 2. The van der Waals surface area contributed by atoms with E-state index in [0.717, 1.165) is 6.54 Å². The van der Waals surface area contributed by atoms with Crippen LogP contribution in [0.4, 0.5) is 0 Å². The van der Waals surface area contributed by atoms with E-state index in [0.29, 0.717) is 18.1 Å². The van der Waals surface area contributed by atoms with Gasteiger partial charge in [-0.2, -0.15) is 0 Å². The molecule has 1 unspecified atom stereocenters. The molecule has 1 saturated carbocycles. The zero-order valence-electron chi connectivity index (χ0n) is 12.6. The number of aryl methyl sites for hydroxylation is 1. The molecule has 0 bridgehead atoms. The lowest BCUT2D eigenvalue weighted by Gasteiger charge is -2.50. The molecule has 0 spiro atoms. The van der Waals surface area contributed by atoms with Crippen LogP contribution in [-0.4, -0.2) is 49.6 Å². The fourth-order valence-electron chi connectivity index (χ4n) is 3.12. The van der Waals surface area contributed by atoms with Crippen molar-refractivity contribution >= 4 is 11.3 Å². The van der Waals surface area contributed by atoms with Crippen molar-refractivity contribution in [3.05, 3.63) is 21.9 Å². The van der Waals surface area contributed by atoms with Gasteiger partial charge in [0.15, 0.2) is 0 Å². The molecular formula is C15H27N3S. The number of hydrogen-bond acceptors (Lipinski definition) is 4. The molecule has 1 aromatic heterocycles. The Labute approximate surface area is 121 Å². The first-order valence-electron chi connectivity index (χ1n) is 7.12. The molecule has 3 nitrogen and oxygen atoms in total. The van der Waals surface area contributed by atoms with Crippen LogP contribution in [0, 0.1) is 6.92 Å². The molecule has 1 heterocycles. The molecule has 0 aromatic carbocycles. The van der Waals surface area contributed by atoms with E-state index in [1.807, 2.05) is 11.3 Å². The van der Waals surface area contributed by atoms with Gasteiger partial charge >= 0.3 is 0 Å². The summed E-state index contributed by atoms with van der Waals surface area (Å²) < 4.78 is 0. The molecule has 0 radical (unpaired) electrons. The minimum atomic E-state index is 0.359. The standard InChI is InChI=1S/C15H27N3S/c1-12-6-9-19-14(12)13(10-16)18(4)11-15(17(2)3)7-5-8-15/h6,9,13H,5,7-8,10-11,16H2,1-4H3. The van der Waals surface area contributed by atoms with E-state index >= 15 is 0 Å². The number of hydrogen-bond donors (Lipinski definition) is 1. The molecule has 0 saturated heterocycles. The van der Waals surface area contributed by atoms with Crippen LogP contribution >= 0.6 is 11.3 Å². The number of nitrogens with zero attached hydrogens (tertiary/aromatic N) is 2. The Balaban J connectivity index is 2.09. The zero-order valence-corrected chi connectivity index (χ0v) is 13.5. The summed E-state index contributed by atoms with van der Waals surface area (Å²) >= 11 is 1.84. The van der Waals surface area contributed by atoms with E-state index in [1.165, 1.54) is 29.7 Å². The number of nitrogens with two attached hydrogens (primary N) is 1. The van der Waals surface area contributed by atoms with Crippen LogP contribution in [-0.2, 0) is 0 Å². The van der Waals surface area contributed by atoms with Crippen molar-refractivity contribution in [3.8, 4) is 0 Å². The predicted octanol–water partition coefficient (Wildman–Crippen LogP) is 2.47. The van der Waals surface area contributed by atoms with Crippen LogP contribution in [0.5, 0.6) is 0 Å². The monoisotopic (exact) mass is 281 g/mol. The van der Waals surface area contributed by atoms with Crippen molar-refractivity contribution < 1.29 is 0 Å². The van der Waals surface area contributed by atoms with Gasteiger partial charge in [0.1, 0.15) is 0 Å². The Hall–Kier alpha value is -0.420. The molecular weight excluding hydrogens is 254 g/mol. The highest BCUT2D eigenvalue weighted by Gasteiger charge is 2.40. The van der Waals surface area contributed by atoms with E-state index < -0.39 is 0 Å². The molecule has 2 rings (SSSR count). The lowest BCUT2D eigenvalue weighted by atomic mass is 9.75. The maximum Gasteiger partial charge on any atom is 0.0565 e. The summed E-state index contributed by atoms with van der Waals surface area (Å²) in [6.07, 6.45) is 3.98. The Morgan fingerprint density at radius 2 is 2.05 bits per heavy atom. The predicted molar refractivity (Wildman–Crippen MR) is 83.8 cm³/mol. The third-order valence-electron chi connectivity index (χ3n) is 4.74. The minimum Gasteiger partial charge on any atom is -0.329 e. The van der Waals surface area contributed by atoms with Crippen LogP contribution in [0.1, 0.15) is 35.7 Å². The fourth-order valence-corrected chi connectivity index (χ4v) is 4.22. The van der Waals surface area contributed by atoms with Crippen molar-refractivity contribution in [2.75, 3.05) is 34.2 Å². The van der Waals surface area contributed by atoms with Crippen molar-refractivity contribution in [3.63, 3.8) is 0 Å². The first-order valence-corrected chi connectivity index (χ1v) is 8.00. The van der Waals surface area contributed by atoms with Crippen LogP contribution in [0.2, 0.25) is 0 Å². The summed E-state index contributed by atoms with van der Waals surface area (Å²) in [6.45, 7) is 3.99. The molecule has 1 aliphatic carbocycles. The maximum absolute atomic E-state index is 6.04. The maximum atomic E-state index is 6.04. The lowest BCUT2D eigenvalue weighted by molar-refractivity contribution is 0.0171. The zero-order chi connectivity index (χ0) is 14.0. The smallest absolute Gasteiger partial charge is 0.0565 e. The van der Waals surface area contributed by atoms with Gasteiger partial charge in [0.05, 0.1) is 6.04 Å². The van der Waals surface area contributed by atoms with Gasteiger partial charge in [-0.25, -0.2) is 0 Å². The van der Waals surface area contributed by atoms with E-state index in [4.69, 9.17) is 5.73 Å². The molecule has 2 N–H and O–H groups in total. The molecule has 4 heteroatoms. The van der Waals surface area contributed by atoms with E-state index in [-0.39, 0.29) is 0 Å². The van der Waals surface area contributed by atoms with Gasteiger partial charge in [0, 0.05) is 23.5 Å². The molecule has 108 valence electrons. The lowest BCUT2D eigenvalue weighted by Crippen LogP contribution is -2.57. The third-order valence-corrected chi connectivity index (χ3v) is 5.86. The summed E-state index contributed by atoms with van der Waals surface area (Å²) in [5.74, 6) is 0. The van der Waals surface area contributed by atoms with Gasteiger partial charge in [-0.05, 0) is 64.3 Å². The number of rotatable bonds is 6. The molecule has 0 amide bonds. The average Bonchev–Trinajstić information content (AvgIpc) is 2.71. The quantitative estimate of drug-likeness (QED) is 0.869. The summed E-state index contributed by atoms with van der Waals surface area (Å²) in [6, 6.07) is 2.55. The van der Waals surface area contributed by atoms with Crippen LogP contribution < -0.4 is 5.73 Å². The Bertz CT molecular complexity index is 409. The third kappa shape index (κ3) is 2.87. The Morgan fingerprint density at radius 3 is 2.42 bits per heavy atom. The molecule has 0 aliphatic heterocycles. The van der Waals surface area contributed by atoms with Gasteiger partial charge < -0.3 is 10.6 Å². The first-order chi connectivity index (χ1) is 9.00. The second-order valence-electron chi connectivity index (χ2n) is 6.11. The van der Waals surface area contributed by atoms with Crippen molar-refractivity contribution in [1.29, 1.82) is 0 Å². The van der Waals surface area contributed by atoms with Gasteiger partial charge in [0.2, 0.25) is 0 Å². The van der Waals surface area contributed by atoms with E-state index in [9.17, 15) is 0 Å². The molecule has 1 aromatic rings. The Kier molecular flexibility index (Phi) is 4.66. The fraction of sp³-hybridized carbons (Fsp3) is 0.733. The molecule has 19 heavy (non-hydrogen) atoms. The summed E-state index contributed by atoms with van der Waals surface area (Å²) in [4.78, 5) is 6.29. The van der Waals surface area contributed by atoms with Crippen molar-refractivity contribution in [2.24, 2.45) is 5.73 Å². The molecule has 1 atom stereocenters. The summed E-state index contributed by atoms with van der Waals surface area (Å²) in [5, 5.41) is 2.17. The van der Waals surface area contributed by atoms with Crippen LogP contribution in [0.15, 0.2) is 11.4 Å². The van der Waals surface area contributed by atoms with Crippen molar-refractivity contribution in [2.45, 2.75) is 37.8 Å². The Morgan fingerprint density at radius 1 is 1.37 bits per heavy atom. The van der Waals surface area contributed by atoms with Gasteiger partial charge in [-0.1, -0.05) is 0 Å². The van der Waals surface area contributed by atoms with E-state index in [2.05, 4.69) is 49.3 Å². The second kappa shape index (κ2) is 5.92. The minimum absolute atomic E-state index is 0.359. The largest absolute Gasteiger partial charge is 0.329 e. The van der Waals surface area contributed by atoms with E-state index in [1.54, 1.807) is 0 Å². The molecule has 1 aliphatic rings. The van der Waals surface area contributed by atoms with Crippen molar-refractivity contribution in [1.82, 2.24) is 9.80 Å². The normalized spacial score (nSPS) is 19.7. The average molecular weight is 281 g/mol. The molecule has 1 fully saturated rings. The summed E-state index contributed by atoms with van der Waals surface area (Å²) in [5.41, 5.74) is 7.78. The highest BCUT2D eigenvalue weighted by molar-refractivity contribution is 7.10. The highest BCUT2D eigenvalue weighted by Crippen LogP contribution is 2.38. The topological polar surface area (TPSA) is 32.5 Å². The number of thiophene rings is 1. The second-order valence-corrected chi connectivity index (χ2v) is 7.05. The van der Waals surface area contributed by atoms with Gasteiger partial charge in [0.25, 0.3) is 0 Å². The first kappa shape index (κ1) is 15.0. The SMILES string of the molecule is Cc1ccsc1C(CN)N(C)CC1(N(C)C)CCC1. The van der Waals surface area contributed by atoms with Crippen LogP contribution in [0.3, 0.4) is 0 Å². The van der Waals surface area contributed by atoms with Gasteiger partial charge in [-0.3, -0.25) is 4.90 Å².